The van der Waals surface area contributed by atoms with E-state index in [0.29, 0.717) is 19.7 Å². The molecule has 2 N–H and O–H groups in total. The third kappa shape index (κ3) is 6.14. The van der Waals surface area contributed by atoms with Crippen molar-refractivity contribution in [3.8, 4) is 5.75 Å². The number of urea groups is 1. The number of ether oxygens (including phenoxy) is 1. The zero-order valence-corrected chi connectivity index (χ0v) is 15.6. The van der Waals surface area contributed by atoms with E-state index < -0.39 is 0 Å². The van der Waals surface area contributed by atoms with Crippen LogP contribution in [0.3, 0.4) is 0 Å². The molecule has 0 spiro atoms. The van der Waals surface area contributed by atoms with Crippen molar-refractivity contribution in [2.75, 3.05) is 13.2 Å². The molecule has 0 unspecified atom stereocenters. The number of amides is 2. The van der Waals surface area contributed by atoms with Crippen molar-refractivity contribution in [2.24, 2.45) is 0 Å². The first-order valence-corrected chi connectivity index (χ1v) is 8.66. The molecule has 0 aliphatic rings. The lowest BCUT2D eigenvalue weighted by molar-refractivity contribution is 0.236. The van der Waals surface area contributed by atoms with Gasteiger partial charge < -0.3 is 15.4 Å². The number of nitrogens with one attached hydrogen (secondary N) is 2. The Labute approximate surface area is 150 Å². The van der Waals surface area contributed by atoms with Gasteiger partial charge in [-0.25, -0.2) is 4.79 Å². The molecule has 2 aromatic carbocycles. The summed E-state index contributed by atoms with van der Waals surface area (Å²) < 4.78 is 5.73. The molecule has 0 saturated heterocycles. The summed E-state index contributed by atoms with van der Waals surface area (Å²) in [5.41, 5.74) is 3.61. The van der Waals surface area contributed by atoms with Crippen LogP contribution in [-0.2, 0) is 12.0 Å². The number of hydrogen-bond acceptors (Lipinski definition) is 2. The molecule has 0 fully saturated rings. The highest BCUT2D eigenvalue weighted by Crippen LogP contribution is 2.25. The Morgan fingerprint density at radius 2 is 1.80 bits per heavy atom. The van der Waals surface area contributed by atoms with Crippen LogP contribution in [0, 0.1) is 6.92 Å². The predicted molar refractivity (Wildman–Crippen MR) is 102 cm³/mol. The van der Waals surface area contributed by atoms with E-state index in [2.05, 4.69) is 43.5 Å². The number of carbonyl (C=O) groups excluding carboxylic acids is 1. The van der Waals surface area contributed by atoms with Gasteiger partial charge in [-0.2, -0.15) is 0 Å². The minimum absolute atomic E-state index is 0.0904. The van der Waals surface area contributed by atoms with E-state index in [-0.39, 0.29) is 11.4 Å². The van der Waals surface area contributed by atoms with Gasteiger partial charge in [0.05, 0.1) is 6.54 Å². The largest absolute Gasteiger partial charge is 0.492 e. The predicted octanol–water partition coefficient (Wildman–Crippen LogP) is 4.17. The van der Waals surface area contributed by atoms with E-state index in [0.717, 1.165) is 11.3 Å². The molecule has 0 radical (unpaired) electrons. The normalized spacial score (nSPS) is 11.0. The second-order valence-corrected chi connectivity index (χ2v) is 7.16. The van der Waals surface area contributed by atoms with E-state index in [1.54, 1.807) is 0 Å². The smallest absolute Gasteiger partial charge is 0.315 e. The SMILES string of the molecule is Cc1ccccc1CNC(=O)NCCOc1cccc(C(C)(C)C)c1. The first kappa shape index (κ1) is 18.8. The Hall–Kier alpha value is -2.49. The summed E-state index contributed by atoms with van der Waals surface area (Å²) in [7, 11) is 0. The molecular formula is C21H28N2O2. The lowest BCUT2D eigenvalue weighted by Crippen LogP contribution is -2.37. The molecule has 0 bridgehead atoms. The van der Waals surface area contributed by atoms with Crippen LogP contribution < -0.4 is 15.4 Å². The standard InChI is InChI=1S/C21H28N2O2/c1-16-8-5-6-9-17(16)15-23-20(24)22-12-13-25-19-11-7-10-18(14-19)21(2,3)4/h5-11,14H,12-13,15H2,1-4H3,(H2,22,23,24). The second-order valence-electron chi connectivity index (χ2n) is 7.16. The van der Waals surface area contributed by atoms with Crippen LogP contribution in [0.15, 0.2) is 48.5 Å². The number of hydrogen-bond donors (Lipinski definition) is 2. The van der Waals surface area contributed by atoms with Gasteiger partial charge in [0.1, 0.15) is 12.4 Å². The van der Waals surface area contributed by atoms with Crippen molar-refractivity contribution in [3.05, 3.63) is 65.2 Å². The fraction of sp³-hybridized carbons (Fsp3) is 0.381. The first-order valence-electron chi connectivity index (χ1n) is 8.66. The maximum absolute atomic E-state index is 11.8. The van der Waals surface area contributed by atoms with Crippen LogP contribution in [0.25, 0.3) is 0 Å². The zero-order chi connectivity index (χ0) is 18.3. The Kier molecular flexibility index (Phi) is 6.45. The highest BCUT2D eigenvalue weighted by Gasteiger charge is 2.13. The summed E-state index contributed by atoms with van der Waals surface area (Å²) in [6.45, 7) is 9.97. The van der Waals surface area contributed by atoms with E-state index in [9.17, 15) is 4.79 Å². The van der Waals surface area contributed by atoms with Gasteiger partial charge in [0, 0.05) is 6.54 Å². The minimum Gasteiger partial charge on any atom is -0.492 e. The van der Waals surface area contributed by atoms with E-state index in [1.165, 1.54) is 11.1 Å². The third-order valence-corrected chi connectivity index (χ3v) is 4.06. The highest BCUT2D eigenvalue weighted by atomic mass is 16.5. The Bertz CT molecular complexity index is 705. The Balaban J connectivity index is 1.71. The fourth-order valence-corrected chi connectivity index (χ4v) is 2.43. The molecule has 2 rings (SSSR count). The number of aryl methyl sites for hydroxylation is 1. The zero-order valence-electron chi connectivity index (χ0n) is 15.6. The van der Waals surface area contributed by atoms with Gasteiger partial charge in [-0.3, -0.25) is 0 Å². The molecule has 4 nitrogen and oxygen atoms in total. The Morgan fingerprint density at radius 1 is 1.04 bits per heavy atom. The summed E-state index contributed by atoms with van der Waals surface area (Å²) in [6, 6.07) is 15.9. The van der Waals surface area contributed by atoms with Gasteiger partial charge in [0.25, 0.3) is 0 Å². The quantitative estimate of drug-likeness (QED) is 0.776. The van der Waals surface area contributed by atoms with Crippen molar-refractivity contribution in [1.29, 1.82) is 0 Å². The van der Waals surface area contributed by atoms with Crippen LogP contribution in [-0.4, -0.2) is 19.2 Å². The maximum atomic E-state index is 11.8. The van der Waals surface area contributed by atoms with E-state index >= 15 is 0 Å². The molecule has 2 aromatic rings. The monoisotopic (exact) mass is 340 g/mol. The molecule has 25 heavy (non-hydrogen) atoms. The first-order chi connectivity index (χ1) is 11.9. The molecule has 0 atom stereocenters. The van der Waals surface area contributed by atoms with Crippen molar-refractivity contribution in [1.82, 2.24) is 10.6 Å². The molecule has 0 aliphatic heterocycles. The molecular weight excluding hydrogens is 312 g/mol. The molecule has 0 saturated carbocycles. The van der Waals surface area contributed by atoms with E-state index in [1.807, 2.05) is 43.3 Å². The molecule has 0 aromatic heterocycles. The van der Waals surface area contributed by atoms with Gasteiger partial charge in [-0.15, -0.1) is 0 Å². The van der Waals surface area contributed by atoms with Gasteiger partial charge in [-0.05, 0) is 41.2 Å². The average molecular weight is 340 g/mol. The Morgan fingerprint density at radius 3 is 2.52 bits per heavy atom. The number of benzene rings is 2. The average Bonchev–Trinajstić information content (AvgIpc) is 2.57. The summed E-state index contributed by atoms with van der Waals surface area (Å²) in [5, 5.41) is 5.67. The summed E-state index contributed by atoms with van der Waals surface area (Å²) >= 11 is 0. The molecule has 0 heterocycles. The fourth-order valence-electron chi connectivity index (χ4n) is 2.43. The van der Waals surface area contributed by atoms with Gasteiger partial charge in [0.2, 0.25) is 0 Å². The molecule has 134 valence electrons. The number of carbonyl (C=O) groups is 1. The van der Waals surface area contributed by atoms with Gasteiger partial charge in [-0.1, -0.05) is 57.2 Å². The van der Waals surface area contributed by atoms with Crippen LogP contribution in [0.1, 0.15) is 37.5 Å². The topological polar surface area (TPSA) is 50.4 Å². The summed E-state index contributed by atoms with van der Waals surface area (Å²) in [6.07, 6.45) is 0. The molecule has 4 heteroatoms. The van der Waals surface area contributed by atoms with Crippen molar-refractivity contribution in [2.45, 2.75) is 39.7 Å². The third-order valence-electron chi connectivity index (χ3n) is 4.06. The van der Waals surface area contributed by atoms with Crippen LogP contribution in [0.2, 0.25) is 0 Å². The molecule has 0 aliphatic carbocycles. The van der Waals surface area contributed by atoms with Crippen molar-refractivity contribution < 1.29 is 9.53 Å². The molecule has 2 amide bonds. The summed E-state index contributed by atoms with van der Waals surface area (Å²) in [5.74, 6) is 0.828. The lowest BCUT2D eigenvalue weighted by atomic mass is 9.87. The van der Waals surface area contributed by atoms with Crippen molar-refractivity contribution >= 4 is 6.03 Å². The van der Waals surface area contributed by atoms with Crippen LogP contribution >= 0.6 is 0 Å². The van der Waals surface area contributed by atoms with E-state index in [4.69, 9.17) is 4.74 Å². The lowest BCUT2D eigenvalue weighted by Gasteiger charge is -2.19. The maximum Gasteiger partial charge on any atom is 0.315 e. The van der Waals surface area contributed by atoms with Crippen LogP contribution in [0.4, 0.5) is 4.79 Å². The second kappa shape index (κ2) is 8.56. The van der Waals surface area contributed by atoms with Gasteiger partial charge >= 0.3 is 6.03 Å². The number of rotatable bonds is 6. The van der Waals surface area contributed by atoms with Crippen LogP contribution in [0.5, 0.6) is 5.75 Å². The van der Waals surface area contributed by atoms with Crippen molar-refractivity contribution in [3.63, 3.8) is 0 Å². The minimum atomic E-state index is -0.185. The summed E-state index contributed by atoms with van der Waals surface area (Å²) in [4.78, 5) is 11.8. The highest BCUT2D eigenvalue weighted by molar-refractivity contribution is 5.73. The van der Waals surface area contributed by atoms with Gasteiger partial charge in [0.15, 0.2) is 0 Å².